The van der Waals surface area contributed by atoms with Gasteiger partial charge >= 0.3 is 6.18 Å². The van der Waals surface area contributed by atoms with Crippen molar-refractivity contribution >= 4 is 23.1 Å². The smallest absolute Gasteiger partial charge is 0.340 e. The van der Waals surface area contributed by atoms with E-state index in [-0.39, 0.29) is 11.0 Å². The molecule has 0 aliphatic carbocycles. The summed E-state index contributed by atoms with van der Waals surface area (Å²) in [6.07, 6.45) is -3.89. The largest absolute Gasteiger partial charge is 0.451 e. The second-order valence-electron chi connectivity index (χ2n) is 4.48. The van der Waals surface area contributed by atoms with Gasteiger partial charge in [-0.05, 0) is 24.5 Å². The number of rotatable bonds is 3. The molecule has 0 aliphatic rings. The molecule has 112 valence electrons. The molecule has 0 unspecified atom stereocenters. The Kier molecular flexibility index (Phi) is 4.37. The minimum atomic E-state index is -4.64. The Labute approximate surface area is 125 Å². The highest BCUT2D eigenvalue weighted by atomic mass is 35.5. The normalized spacial score (nSPS) is 11.5. The van der Waals surface area contributed by atoms with Crippen LogP contribution in [0.25, 0.3) is 0 Å². The number of aromatic nitrogens is 2. The minimum Gasteiger partial charge on any atom is -0.340 e. The zero-order valence-corrected chi connectivity index (χ0v) is 12.2. The van der Waals surface area contributed by atoms with Gasteiger partial charge in [-0.3, -0.25) is 0 Å². The summed E-state index contributed by atoms with van der Waals surface area (Å²) in [7, 11) is 0. The van der Waals surface area contributed by atoms with Crippen molar-refractivity contribution < 1.29 is 13.2 Å². The van der Waals surface area contributed by atoms with Crippen LogP contribution < -0.4 is 5.32 Å². The van der Waals surface area contributed by atoms with Crippen LogP contribution >= 0.6 is 11.6 Å². The van der Waals surface area contributed by atoms with Crippen LogP contribution in [-0.2, 0) is 12.6 Å². The molecule has 7 heteroatoms. The maximum Gasteiger partial charge on any atom is 0.451 e. The van der Waals surface area contributed by atoms with Crippen LogP contribution in [0.15, 0.2) is 24.3 Å². The molecule has 0 radical (unpaired) electrons. The summed E-state index contributed by atoms with van der Waals surface area (Å²) in [5.41, 5.74) is 2.64. The number of para-hydroxylation sites is 1. The van der Waals surface area contributed by atoms with E-state index < -0.39 is 12.0 Å². The molecule has 0 fully saturated rings. The summed E-state index contributed by atoms with van der Waals surface area (Å²) in [6, 6.07) is 6.94. The number of nitrogens with zero attached hydrogens (tertiary/aromatic N) is 2. The second-order valence-corrected chi connectivity index (χ2v) is 4.87. The lowest BCUT2D eigenvalue weighted by molar-refractivity contribution is -0.144. The van der Waals surface area contributed by atoms with E-state index in [0.29, 0.717) is 0 Å². The predicted molar refractivity (Wildman–Crippen MR) is 75.9 cm³/mol. The van der Waals surface area contributed by atoms with Crippen LogP contribution in [0.3, 0.4) is 0 Å². The number of hydrogen-bond donors (Lipinski definition) is 1. The molecule has 3 nitrogen and oxygen atoms in total. The van der Waals surface area contributed by atoms with Crippen molar-refractivity contribution in [3.8, 4) is 0 Å². The molecule has 2 rings (SSSR count). The van der Waals surface area contributed by atoms with Crippen LogP contribution in [0.2, 0.25) is 5.15 Å². The Morgan fingerprint density at radius 2 is 1.95 bits per heavy atom. The molecule has 0 bridgehead atoms. The van der Waals surface area contributed by atoms with Crippen molar-refractivity contribution in [2.24, 2.45) is 0 Å². The standard InChI is InChI=1S/C14H13ClF3N3/c1-3-9-6-4-5-8(2)12(9)20-11-7-10(15)19-13(21-11)14(16,17)18/h4-7H,3H2,1-2H3,(H,19,20,21). The predicted octanol–water partition coefficient (Wildman–Crippen LogP) is 4.76. The Morgan fingerprint density at radius 1 is 1.24 bits per heavy atom. The maximum atomic E-state index is 12.7. The molecule has 1 aromatic heterocycles. The first-order valence-electron chi connectivity index (χ1n) is 6.28. The first kappa shape index (κ1) is 15.6. The lowest BCUT2D eigenvalue weighted by Crippen LogP contribution is -2.12. The third-order valence-corrected chi connectivity index (χ3v) is 3.14. The van der Waals surface area contributed by atoms with E-state index >= 15 is 0 Å². The number of benzene rings is 1. The SMILES string of the molecule is CCc1cccc(C)c1Nc1cc(Cl)nc(C(F)(F)F)n1. The van der Waals surface area contributed by atoms with E-state index in [0.717, 1.165) is 23.2 Å². The number of halogens is 4. The molecule has 2 aromatic rings. The van der Waals surface area contributed by atoms with Gasteiger partial charge in [-0.25, -0.2) is 9.97 Å². The summed E-state index contributed by atoms with van der Waals surface area (Å²) in [5, 5.41) is 2.65. The molecule has 1 aromatic carbocycles. The van der Waals surface area contributed by atoms with E-state index in [1.165, 1.54) is 6.07 Å². The zero-order valence-electron chi connectivity index (χ0n) is 11.4. The number of anilines is 2. The van der Waals surface area contributed by atoms with Gasteiger partial charge in [0.15, 0.2) is 0 Å². The first-order valence-corrected chi connectivity index (χ1v) is 6.66. The Balaban J connectivity index is 2.43. The van der Waals surface area contributed by atoms with Crippen LogP contribution in [0.4, 0.5) is 24.7 Å². The first-order chi connectivity index (χ1) is 9.81. The molecule has 0 amide bonds. The number of aryl methyl sites for hydroxylation is 2. The van der Waals surface area contributed by atoms with Gasteiger partial charge < -0.3 is 5.32 Å². The summed E-state index contributed by atoms with van der Waals surface area (Å²) >= 11 is 5.64. The molecule has 0 atom stereocenters. The maximum absolute atomic E-state index is 12.7. The van der Waals surface area contributed by atoms with E-state index in [1.807, 2.05) is 32.0 Å². The van der Waals surface area contributed by atoms with Gasteiger partial charge in [-0.15, -0.1) is 0 Å². The van der Waals surface area contributed by atoms with E-state index in [1.54, 1.807) is 0 Å². The quantitative estimate of drug-likeness (QED) is 0.830. The van der Waals surface area contributed by atoms with E-state index in [2.05, 4.69) is 15.3 Å². The fourth-order valence-corrected chi connectivity index (χ4v) is 2.12. The molecular weight excluding hydrogens is 303 g/mol. The lowest BCUT2D eigenvalue weighted by atomic mass is 10.1. The van der Waals surface area contributed by atoms with Gasteiger partial charge in [-0.1, -0.05) is 36.7 Å². The molecule has 0 spiro atoms. The summed E-state index contributed by atoms with van der Waals surface area (Å²) < 4.78 is 38.1. The third kappa shape index (κ3) is 3.64. The molecule has 21 heavy (non-hydrogen) atoms. The molecular formula is C14H13ClF3N3. The average Bonchev–Trinajstić information content (AvgIpc) is 2.39. The van der Waals surface area contributed by atoms with Crippen molar-refractivity contribution in [1.82, 2.24) is 9.97 Å². The van der Waals surface area contributed by atoms with Crippen LogP contribution in [0.5, 0.6) is 0 Å². The molecule has 0 aliphatic heterocycles. The van der Waals surface area contributed by atoms with Gasteiger partial charge in [0.05, 0.1) is 0 Å². The van der Waals surface area contributed by atoms with Crippen molar-refractivity contribution in [3.05, 3.63) is 46.4 Å². The third-order valence-electron chi connectivity index (χ3n) is 2.94. The molecule has 0 saturated carbocycles. The van der Waals surface area contributed by atoms with Crippen LogP contribution in [0.1, 0.15) is 23.9 Å². The summed E-state index contributed by atoms with van der Waals surface area (Å²) in [5.74, 6) is -1.24. The van der Waals surface area contributed by atoms with Gasteiger partial charge in [0.1, 0.15) is 11.0 Å². The number of nitrogens with one attached hydrogen (secondary N) is 1. The summed E-state index contributed by atoms with van der Waals surface area (Å²) in [4.78, 5) is 6.69. The van der Waals surface area contributed by atoms with Crippen molar-refractivity contribution in [3.63, 3.8) is 0 Å². The Hall–Kier alpha value is -1.82. The highest BCUT2D eigenvalue weighted by molar-refractivity contribution is 6.29. The highest BCUT2D eigenvalue weighted by Crippen LogP contribution is 2.30. The summed E-state index contributed by atoms with van der Waals surface area (Å²) in [6.45, 7) is 3.84. The van der Waals surface area contributed by atoms with Crippen molar-refractivity contribution in [2.45, 2.75) is 26.4 Å². The van der Waals surface area contributed by atoms with Gasteiger partial charge in [0.2, 0.25) is 5.82 Å². The average molecular weight is 316 g/mol. The molecule has 0 saturated heterocycles. The monoisotopic (exact) mass is 315 g/mol. The van der Waals surface area contributed by atoms with Gasteiger partial charge in [0, 0.05) is 11.8 Å². The highest BCUT2D eigenvalue weighted by Gasteiger charge is 2.35. The second kappa shape index (κ2) is 5.89. The zero-order chi connectivity index (χ0) is 15.6. The fourth-order valence-electron chi connectivity index (χ4n) is 1.94. The van der Waals surface area contributed by atoms with Crippen molar-refractivity contribution in [2.75, 3.05) is 5.32 Å². The van der Waals surface area contributed by atoms with E-state index in [4.69, 9.17) is 11.6 Å². The lowest BCUT2D eigenvalue weighted by Gasteiger charge is -2.14. The number of alkyl halides is 3. The van der Waals surface area contributed by atoms with Gasteiger partial charge in [0.25, 0.3) is 0 Å². The van der Waals surface area contributed by atoms with Crippen molar-refractivity contribution in [1.29, 1.82) is 0 Å². The molecule has 1 heterocycles. The van der Waals surface area contributed by atoms with E-state index in [9.17, 15) is 13.2 Å². The van der Waals surface area contributed by atoms with Crippen LogP contribution in [-0.4, -0.2) is 9.97 Å². The topological polar surface area (TPSA) is 37.8 Å². The minimum absolute atomic E-state index is 0.0197. The molecule has 1 N–H and O–H groups in total. The number of hydrogen-bond acceptors (Lipinski definition) is 3. The van der Waals surface area contributed by atoms with Crippen LogP contribution in [0, 0.1) is 6.92 Å². The fraction of sp³-hybridized carbons (Fsp3) is 0.286. The van der Waals surface area contributed by atoms with Gasteiger partial charge in [-0.2, -0.15) is 13.2 Å². The Morgan fingerprint density at radius 3 is 2.57 bits per heavy atom. The Bertz CT molecular complexity index is 656.